The standard InChI is InChI=1S/C21H18F7N3/c1-4-8-31-11(3)13(12-7-5-6-10(2)20(12)31)9-29-30-19-17(24)15(22)14(21(26,27)28)16(23)18(19)25/h5-7,9,30H,4,8H2,1-3H3/b29-9+. The molecule has 0 fully saturated rings. The van der Waals surface area contributed by atoms with E-state index in [0.717, 1.165) is 28.6 Å². The monoisotopic (exact) mass is 445 g/mol. The van der Waals surface area contributed by atoms with E-state index >= 15 is 0 Å². The number of hydrazone groups is 1. The van der Waals surface area contributed by atoms with Crippen LogP contribution >= 0.6 is 0 Å². The predicted octanol–water partition coefficient (Wildman–Crippen LogP) is 6.69. The van der Waals surface area contributed by atoms with Gasteiger partial charge in [-0.15, -0.1) is 0 Å². The number of nitrogens with one attached hydrogen (secondary N) is 1. The lowest BCUT2D eigenvalue weighted by atomic mass is 10.1. The SMILES string of the molecule is CCCn1c(C)c(/C=N/Nc2c(F)c(F)c(C(F)(F)F)c(F)c2F)c2cccc(C)c21. The minimum absolute atomic E-state index is 0.591. The van der Waals surface area contributed by atoms with E-state index in [1.54, 1.807) is 5.43 Å². The second-order valence-corrected chi connectivity index (χ2v) is 7.00. The Labute approximate surface area is 173 Å². The Balaban J connectivity index is 2.05. The Bertz CT molecular complexity index is 1150. The summed E-state index contributed by atoms with van der Waals surface area (Å²) in [4.78, 5) is 0. The van der Waals surface area contributed by atoms with Crippen molar-refractivity contribution in [3.05, 3.63) is 63.9 Å². The van der Waals surface area contributed by atoms with Crippen LogP contribution < -0.4 is 5.43 Å². The molecule has 0 unspecified atom stereocenters. The zero-order valence-electron chi connectivity index (χ0n) is 16.8. The molecule has 1 aromatic heterocycles. The van der Waals surface area contributed by atoms with Crippen molar-refractivity contribution in [3.63, 3.8) is 0 Å². The zero-order valence-corrected chi connectivity index (χ0v) is 16.8. The van der Waals surface area contributed by atoms with E-state index in [2.05, 4.69) is 5.10 Å². The minimum atomic E-state index is -5.60. The first kappa shape index (κ1) is 22.6. The Morgan fingerprint density at radius 1 is 1.00 bits per heavy atom. The van der Waals surface area contributed by atoms with E-state index < -0.39 is 40.7 Å². The molecule has 0 saturated heterocycles. The maximum Gasteiger partial charge on any atom is 0.422 e. The van der Waals surface area contributed by atoms with Crippen molar-refractivity contribution in [3.8, 4) is 0 Å². The van der Waals surface area contributed by atoms with Crippen LogP contribution in [0.5, 0.6) is 0 Å². The van der Waals surface area contributed by atoms with Gasteiger partial charge in [0.2, 0.25) is 0 Å². The molecule has 0 spiro atoms. The van der Waals surface area contributed by atoms with Gasteiger partial charge in [0, 0.05) is 23.2 Å². The number of halogens is 7. The molecule has 0 saturated carbocycles. The normalized spacial score (nSPS) is 12.3. The van der Waals surface area contributed by atoms with E-state index in [9.17, 15) is 30.7 Å². The molecule has 0 aliphatic rings. The number of para-hydroxylation sites is 1. The van der Waals surface area contributed by atoms with Crippen LogP contribution in [0.15, 0.2) is 23.3 Å². The summed E-state index contributed by atoms with van der Waals surface area (Å²) in [5, 5.41) is 4.43. The maximum atomic E-state index is 14.0. The fourth-order valence-corrected chi connectivity index (χ4v) is 3.55. The second-order valence-electron chi connectivity index (χ2n) is 7.00. The molecule has 0 aliphatic carbocycles. The number of benzene rings is 2. The molecule has 3 rings (SSSR count). The molecule has 0 aliphatic heterocycles. The van der Waals surface area contributed by atoms with Crippen molar-refractivity contribution < 1.29 is 30.7 Å². The minimum Gasteiger partial charge on any atom is -0.344 e. The van der Waals surface area contributed by atoms with Gasteiger partial charge in [0.1, 0.15) is 11.3 Å². The van der Waals surface area contributed by atoms with Gasteiger partial charge in [-0.05, 0) is 25.8 Å². The topological polar surface area (TPSA) is 29.3 Å². The smallest absolute Gasteiger partial charge is 0.344 e. The van der Waals surface area contributed by atoms with Crippen molar-refractivity contribution in [1.29, 1.82) is 0 Å². The molecule has 1 heterocycles. The van der Waals surface area contributed by atoms with Crippen LogP contribution in [-0.2, 0) is 12.7 Å². The van der Waals surface area contributed by atoms with Crippen LogP contribution in [0.3, 0.4) is 0 Å². The number of hydrogen-bond acceptors (Lipinski definition) is 2. The summed E-state index contributed by atoms with van der Waals surface area (Å²) < 4.78 is 95.7. The number of fused-ring (bicyclic) bond motifs is 1. The lowest BCUT2D eigenvalue weighted by Crippen LogP contribution is -2.16. The van der Waals surface area contributed by atoms with Crippen LogP contribution in [0.4, 0.5) is 36.4 Å². The molecule has 166 valence electrons. The number of anilines is 1. The van der Waals surface area contributed by atoms with Gasteiger partial charge in [-0.2, -0.15) is 18.3 Å². The quantitative estimate of drug-likeness (QED) is 0.202. The van der Waals surface area contributed by atoms with Gasteiger partial charge in [-0.1, -0.05) is 25.1 Å². The first-order valence-corrected chi connectivity index (χ1v) is 9.31. The van der Waals surface area contributed by atoms with E-state index in [-0.39, 0.29) is 0 Å². The molecule has 31 heavy (non-hydrogen) atoms. The maximum absolute atomic E-state index is 14.0. The fourth-order valence-electron chi connectivity index (χ4n) is 3.55. The third kappa shape index (κ3) is 3.86. The summed E-state index contributed by atoms with van der Waals surface area (Å²) in [6.07, 6.45) is -3.56. The molecular formula is C21H18F7N3. The van der Waals surface area contributed by atoms with E-state index in [1.165, 1.54) is 6.21 Å². The number of aromatic nitrogens is 1. The van der Waals surface area contributed by atoms with Gasteiger partial charge in [-0.25, -0.2) is 17.6 Å². The largest absolute Gasteiger partial charge is 0.422 e. The molecule has 3 aromatic rings. The Kier molecular flexibility index (Phi) is 6.02. The average Bonchev–Trinajstić information content (AvgIpc) is 2.95. The average molecular weight is 445 g/mol. The number of nitrogens with zero attached hydrogens (tertiary/aromatic N) is 2. The summed E-state index contributed by atoms with van der Waals surface area (Å²) in [6.45, 7) is 6.44. The summed E-state index contributed by atoms with van der Waals surface area (Å²) in [5.74, 6) is -9.53. The summed E-state index contributed by atoms with van der Waals surface area (Å²) in [5.41, 5.74) is 1.03. The highest BCUT2D eigenvalue weighted by Gasteiger charge is 2.42. The van der Waals surface area contributed by atoms with Crippen LogP contribution in [0, 0.1) is 37.1 Å². The highest BCUT2D eigenvalue weighted by molar-refractivity contribution is 6.02. The van der Waals surface area contributed by atoms with Gasteiger partial charge in [-0.3, -0.25) is 5.43 Å². The van der Waals surface area contributed by atoms with E-state index in [4.69, 9.17) is 0 Å². The molecule has 0 atom stereocenters. The third-order valence-corrected chi connectivity index (χ3v) is 4.96. The molecular weight excluding hydrogens is 427 g/mol. The second kappa shape index (κ2) is 8.24. The summed E-state index contributed by atoms with van der Waals surface area (Å²) in [6, 6.07) is 5.56. The van der Waals surface area contributed by atoms with Gasteiger partial charge in [0.15, 0.2) is 23.3 Å². The highest BCUT2D eigenvalue weighted by atomic mass is 19.4. The lowest BCUT2D eigenvalue weighted by Gasteiger charge is -2.13. The molecule has 2 aromatic carbocycles. The lowest BCUT2D eigenvalue weighted by molar-refractivity contribution is -0.143. The molecule has 10 heteroatoms. The third-order valence-electron chi connectivity index (χ3n) is 4.96. The first-order valence-electron chi connectivity index (χ1n) is 9.31. The van der Waals surface area contributed by atoms with Crippen molar-refractivity contribution in [1.82, 2.24) is 4.57 Å². The van der Waals surface area contributed by atoms with Gasteiger partial charge >= 0.3 is 6.18 Å². The molecule has 1 N–H and O–H groups in total. The number of alkyl halides is 3. The van der Waals surface area contributed by atoms with Gasteiger partial charge in [0.25, 0.3) is 0 Å². The van der Waals surface area contributed by atoms with Crippen molar-refractivity contribution in [2.75, 3.05) is 5.43 Å². The zero-order chi connectivity index (χ0) is 23.1. The van der Waals surface area contributed by atoms with Crippen LogP contribution in [0.1, 0.15) is 35.7 Å². The Morgan fingerprint density at radius 3 is 2.16 bits per heavy atom. The van der Waals surface area contributed by atoms with Crippen LogP contribution in [-0.4, -0.2) is 10.8 Å². The van der Waals surface area contributed by atoms with Crippen LogP contribution in [0.25, 0.3) is 10.9 Å². The van der Waals surface area contributed by atoms with Crippen molar-refractivity contribution in [2.24, 2.45) is 5.10 Å². The molecule has 0 amide bonds. The van der Waals surface area contributed by atoms with Gasteiger partial charge < -0.3 is 4.57 Å². The summed E-state index contributed by atoms with van der Waals surface area (Å²) >= 11 is 0. The fraction of sp³-hybridized carbons (Fsp3) is 0.286. The van der Waals surface area contributed by atoms with Crippen LogP contribution in [0.2, 0.25) is 0 Å². The van der Waals surface area contributed by atoms with Crippen molar-refractivity contribution >= 4 is 22.8 Å². The molecule has 0 radical (unpaired) electrons. The Hall–Kier alpha value is -3.04. The van der Waals surface area contributed by atoms with Crippen molar-refractivity contribution in [2.45, 2.75) is 39.9 Å². The summed E-state index contributed by atoms with van der Waals surface area (Å²) in [7, 11) is 0. The van der Waals surface area contributed by atoms with E-state index in [1.807, 2.05) is 43.5 Å². The highest BCUT2D eigenvalue weighted by Crippen LogP contribution is 2.38. The predicted molar refractivity (Wildman–Crippen MR) is 104 cm³/mol. The first-order chi connectivity index (χ1) is 14.5. The Morgan fingerprint density at radius 2 is 1.61 bits per heavy atom. The number of hydrogen-bond donors (Lipinski definition) is 1. The molecule has 0 bridgehead atoms. The van der Waals surface area contributed by atoms with Gasteiger partial charge in [0.05, 0.1) is 11.7 Å². The number of aryl methyl sites for hydroxylation is 2. The molecule has 3 nitrogen and oxygen atoms in total. The number of rotatable bonds is 5. The van der Waals surface area contributed by atoms with E-state index in [0.29, 0.717) is 12.1 Å².